The molecule has 2 aromatic heterocycles. The molecule has 0 spiro atoms. The summed E-state index contributed by atoms with van der Waals surface area (Å²) < 4.78 is 11.8. The smallest absolute Gasteiger partial charge is 0.144 e. The van der Waals surface area contributed by atoms with Crippen LogP contribution in [0.3, 0.4) is 0 Å². The normalized spacial score (nSPS) is 19.5. The van der Waals surface area contributed by atoms with Crippen molar-refractivity contribution in [3.05, 3.63) is 48.0 Å². The van der Waals surface area contributed by atoms with Crippen LogP contribution in [0.1, 0.15) is 42.9 Å². The summed E-state index contributed by atoms with van der Waals surface area (Å²) >= 11 is 0. The Bertz CT molecular complexity index is 857. The SMILES string of the molecule is c1cc(OC2CCN(Cc3cnoc3C3CC3)CC2)c2cc[nH]c2c1. The van der Waals surface area contributed by atoms with Crippen molar-refractivity contribution in [2.24, 2.45) is 0 Å². The molecule has 0 amide bonds. The summed E-state index contributed by atoms with van der Waals surface area (Å²) in [6, 6.07) is 8.29. The van der Waals surface area contributed by atoms with E-state index in [4.69, 9.17) is 9.26 Å². The van der Waals surface area contributed by atoms with E-state index < -0.39 is 0 Å². The molecule has 2 fully saturated rings. The Morgan fingerprint density at radius 2 is 2.04 bits per heavy atom. The minimum absolute atomic E-state index is 0.294. The molecule has 25 heavy (non-hydrogen) atoms. The second kappa shape index (κ2) is 6.23. The van der Waals surface area contributed by atoms with Gasteiger partial charge in [0, 0.05) is 48.2 Å². The lowest BCUT2D eigenvalue weighted by atomic mass is 10.1. The fourth-order valence-corrected chi connectivity index (χ4v) is 3.84. The minimum atomic E-state index is 0.294. The van der Waals surface area contributed by atoms with Crippen LogP contribution in [-0.4, -0.2) is 34.2 Å². The fraction of sp³-hybridized carbons (Fsp3) is 0.450. The molecule has 1 aliphatic heterocycles. The molecule has 0 atom stereocenters. The first kappa shape index (κ1) is 15.0. The van der Waals surface area contributed by atoms with Crippen molar-refractivity contribution in [3.63, 3.8) is 0 Å². The van der Waals surface area contributed by atoms with E-state index in [1.807, 2.05) is 12.4 Å². The van der Waals surface area contributed by atoms with Gasteiger partial charge < -0.3 is 14.2 Å². The van der Waals surface area contributed by atoms with Crippen molar-refractivity contribution in [1.29, 1.82) is 0 Å². The van der Waals surface area contributed by atoms with Crippen LogP contribution in [0.4, 0.5) is 0 Å². The van der Waals surface area contributed by atoms with E-state index in [9.17, 15) is 0 Å². The van der Waals surface area contributed by atoms with Crippen molar-refractivity contribution in [2.75, 3.05) is 13.1 Å². The highest BCUT2D eigenvalue weighted by Crippen LogP contribution is 2.42. The number of aromatic nitrogens is 2. The lowest BCUT2D eigenvalue weighted by molar-refractivity contribution is 0.0976. The van der Waals surface area contributed by atoms with Crippen molar-refractivity contribution >= 4 is 10.9 Å². The Balaban J connectivity index is 1.20. The number of nitrogens with one attached hydrogen (secondary N) is 1. The summed E-state index contributed by atoms with van der Waals surface area (Å²) in [4.78, 5) is 5.74. The molecule has 5 nitrogen and oxygen atoms in total. The van der Waals surface area contributed by atoms with Gasteiger partial charge in [-0.05, 0) is 43.9 Å². The molecular weight excluding hydrogens is 314 g/mol. The molecule has 130 valence electrons. The number of likely N-dealkylation sites (tertiary alicyclic amines) is 1. The molecule has 5 heteroatoms. The number of rotatable bonds is 5. The van der Waals surface area contributed by atoms with Crippen LogP contribution >= 0.6 is 0 Å². The number of piperidine rings is 1. The maximum absolute atomic E-state index is 6.30. The fourth-order valence-electron chi connectivity index (χ4n) is 3.84. The molecule has 1 aliphatic carbocycles. The highest BCUT2D eigenvalue weighted by molar-refractivity contribution is 5.85. The third-order valence-corrected chi connectivity index (χ3v) is 5.40. The summed E-state index contributed by atoms with van der Waals surface area (Å²) in [7, 11) is 0. The molecule has 3 heterocycles. The maximum Gasteiger partial charge on any atom is 0.144 e. The first-order valence-electron chi connectivity index (χ1n) is 9.25. The van der Waals surface area contributed by atoms with Gasteiger partial charge in [0.15, 0.2) is 0 Å². The van der Waals surface area contributed by atoms with E-state index >= 15 is 0 Å². The number of ether oxygens (including phenoxy) is 1. The molecule has 3 aromatic rings. The van der Waals surface area contributed by atoms with Gasteiger partial charge in [-0.25, -0.2) is 0 Å². The predicted molar refractivity (Wildman–Crippen MR) is 95.7 cm³/mol. The van der Waals surface area contributed by atoms with Gasteiger partial charge in [0.1, 0.15) is 17.6 Å². The number of hydrogen-bond donors (Lipinski definition) is 1. The van der Waals surface area contributed by atoms with Gasteiger partial charge in [-0.15, -0.1) is 0 Å². The Morgan fingerprint density at radius 1 is 1.16 bits per heavy atom. The minimum Gasteiger partial charge on any atom is -0.490 e. The Kier molecular flexibility index (Phi) is 3.74. The van der Waals surface area contributed by atoms with Crippen LogP contribution in [-0.2, 0) is 6.54 Å². The van der Waals surface area contributed by atoms with Gasteiger partial charge in [0.2, 0.25) is 0 Å². The van der Waals surface area contributed by atoms with Gasteiger partial charge in [0.05, 0.1) is 6.20 Å². The number of fused-ring (bicyclic) bond motifs is 1. The van der Waals surface area contributed by atoms with Crippen LogP contribution in [0.5, 0.6) is 5.75 Å². The molecule has 1 saturated carbocycles. The molecule has 2 aliphatic rings. The quantitative estimate of drug-likeness (QED) is 0.762. The first-order valence-corrected chi connectivity index (χ1v) is 9.25. The number of benzene rings is 1. The zero-order valence-corrected chi connectivity index (χ0v) is 14.3. The summed E-state index contributed by atoms with van der Waals surface area (Å²) in [5.41, 5.74) is 2.41. The average Bonchev–Trinajstić information content (AvgIpc) is 3.17. The third-order valence-electron chi connectivity index (χ3n) is 5.40. The highest BCUT2D eigenvalue weighted by Gasteiger charge is 2.31. The zero-order valence-electron chi connectivity index (χ0n) is 14.3. The van der Waals surface area contributed by atoms with E-state index in [-0.39, 0.29) is 0 Å². The van der Waals surface area contributed by atoms with E-state index in [1.54, 1.807) is 0 Å². The number of H-pyrrole nitrogens is 1. The van der Waals surface area contributed by atoms with E-state index in [0.29, 0.717) is 12.0 Å². The topological polar surface area (TPSA) is 54.3 Å². The maximum atomic E-state index is 6.30. The van der Waals surface area contributed by atoms with E-state index in [2.05, 4.69) is 39.3 Å². The Labute approximate surface area is 146 Å². The van der Waals surface area contributed by atoms with Crippen LogP contribution in [0.15, 0.2) is 41.2 Å². The van der Waals surface area contributed by atoms with Crippen molar-refractivity contribution in [3.8, 4) is 5.75 Å². The standard InChI is InChI=1S/C20H23N3O2/c1-2-18-17(6-9-21-18)19(3-1)24-16-7-10-23(11-8-16)13-15-12-22-25-20(15)14-4-5-14/h1-3,6,9,12,14,16,21H,4-5,7-8,10-11,13H2. The number of aromatic amines is 1. The monoisotopic (exact) mass is 337 g/mol. The first-order chi connectivity index (χ1) is 12.4. The van der Waals surface area contributed by atoms with E-state index in [1.165, 1.54) is 23.8 Å². The van der Waals surface area contributed by atoms with Crippen molar-refractivity contribution in [2.45, 2.75) is 44.2 Å². The highest BCUT2D eigenvalue weighted by atomic mass is 16.5. The van der Waals surface area contributed by atoms with Crippen molar-refractivity contribution < 1.29 is 9.26 Å². The molecule has 1 N–H and O–H groups in total. The lowest BCUT2D eigenvalue weighted by Gasteiger charge is -2.32. The zero-order chi connectivity index (χ0) is 16.6. The van der Waals surface area contributed by atoms with Gasteiger partial charge in [-0.3, -0.25) is 4.90 Å². The van der Waals surface area contributed by atoms with Gasteiger partial charge in [0.25, 0.3) is 0 Å². The van der Waals surface area contributed by atoms with E-state index in [0.717, 1.165) is 49.5 Å². The van der Waals surface area contributed by atoms with Gasteiger partial charge >= 0.3 is 0 Å². The molecular formula is C20H23N3O2. The Morgan fingerprint density at radius 3 is 2.88 bits per heavy atom. The third kappa shape index (κ3) is 3.04. The summed E-state index contributed by atoms with van der Waals surface area (Å²) in [5, 5.41) is 5.18. The largest absolute Gasteiger partial charge is 0.490 e. The number of nitrogens with zero attached hydrogens (tertiary/aromatic N) is 2. The molecule has 0 unspecified atom stereocenters. The summed E-state index contributed by atoms with van der Waals surface area (Å²) in [6.45, 7) is 3.07. The molecule has 5 rings (SSSR count). The van der Waals surface area contributed by atoms with Crippen LogP contribution in [0, 0.1) is 0 Å². The molecule has 1 aromatic carbocycles. The van der Waals surface area contributed by atoms with Crippen molar-refractivity contribution in [1.82, 2.24) is 15.0 Å². The summed E-state index contributed by atoms with van der Waals surface area (Å²) in [5.74, 6) is 2.74. The second-order valence-corrected chi connectivity index (χ2v) is 7.28. The average molecular weight is 337 g/mol. The van der Waals surface area contributed by atoms with Crippen LogP contribution in [0.25, 0.3) is 10.9 Å². The molecule has 0 radical (unpaired) electrons. The van der Waals surface area contributed by atoms with Gasteiger partial charge in [-0.1, -0.05) is 11.2 Å². The molecule has 1 saturated heterocycles. The summed E-state index contributed by atoms with van der Waals surface area (Å²) in [6.07, 6.45) is 8.79. The predicted octanol–water partition coefficient (Wildman–Crippen LogP) is 4.08. The van der Waals surface area contributed by atoms with Crippen LogP contribution < -0.4 is 4.74 Å². The second-order valence-electron chi connectivity index (χ2n) is 7.28. The Hall–Kier alpha value is -2.27. The van der Waals surface area contributed by atoms with Crippen LogP contribution in [0.2, 0.25) is 0 Å². The lowest BCUT2D eigenvalue weighted by Crippen LogP contribution is -2.37. The molecule has 0 bridgehead atoms. The number of hydrogen-bond acceptors (Lipinski definition) is 4. The van der Waals surface area contributed by atoms with Gasteiger partial charge in [-0.2, -0.15) is 0 Å².